The number of nitrogens with zero attached hydrogens (tertiary/aromatic N) is 4. The molecule has 0 spiro atoms. The van der Waals surface area contributed by atoms with Gasteiger partial charge in [0.05, 0.1) is 5.56 Å². The third-order valence-corrected chi connectivity index (χ3v) is 4.56. The Morgan fingerprint density at radius 3 is 2.78 bits per heavy atom. The summed E-state index contributed by atoms with van der Waals surface area (Å²) >= 11 is 5.78. The number of aryl methyl sites for hydroxylation is 1. The zero-order chi connectivity index (χ0) is 16.4. The summed E-state index contributed by atoms with van der Waals surface area (Å²) in [6.07, 6.45) is 5.85. The lowest BCUT2D eigenvalue weighted by molar-refractivity contribution is 0.0689. The van der Waals surface area contributed by atoms with Crippen molar-refractivity contribution in [2.24, 2.45) is 13.0 Å². The Kier molecular flexibility index (Phi) is 4.47. The van der Waals surface area contributed by atoms with Crippen LogP contribution in [0.3, 0.4) is 0 Å². The number of nitrogens with one attached hydrogen (secondary N) is 1. The minimum absolute atomic E-state index is 0.0352. The summed E-state index contributed by atoms with van der Waals surface area (Å²) in [7, 11) is 1.94. The number of hydrogen-bond acceptors (Lipinski definition) is 4. The Bertz CT molecular complexity index is 761. The van der Waals surface area contributed by atoms with Gasteiger partial charge in [0.15, 0.2) is 0 Å². The molecule has 1 saturated heterocycles. The van der Waals surface area contributed by atoms with Crippen LogP contribution in [0.1, 0.15) is 29.0 Å². The van der Waals surface area contributed by atoms with Crippen LogP contribution in [0.15, 0.2) is 23.4 Å². The quantitative estimate of drug-likeness (QED) is 0.915. The Morgan fingerprint density at radius 1 is 1.43 bits per heavy atom. The number of likely N-dealkylation sites (tertiary alicyclic amines) is 1. The molecular formula is C15H18ClN5O2. The number of carbonyl (C=O) groups excluding carboxylic acids is 1. The lowest BCUT2D eigenvalue weighted by atomic mass is 9.93. The standard InChI is InChI=1S/C15H18ClN5O2/c1-20-9-18-19-13(20)6-10-2-4-21(5-3-10)15(23)11-7-12(16)14(22)17-8-11/h7-10H,2-6H2,1H3,(H,17,22). The number of carbonyl (C=O) groups is 1. The molecule has 3 heterocycles. The maximum Gasteiger partial charge on any atom is 0.266 e. The first kappa shape index (κ1) is 15.7. The predicted octanol–water partition coefficient (Wildman–Crippen LogP) is 1.25. The van der Waals surface area contributed by atoms with Gasteiger partial charge in [-0.3, -0.25) is 9.59 Å². The third-order valence-electron chi connectivity index (χ3n) is 4.28. The normalized spacial score (nSPS) is 15.8. The van der Waals surface area contributed by atoms with Crippen LogP contribution in [0, 0.1) is 5.92 Å². The van der Waals surface area contributed by atoms with E-state index in [0.717, 1.165) is 25.1 Å². The van der Waals surface area contributed by atoms with Crippen LogP contribution < -0.4 is 5.56 Å². The van der Waals surface area contributed by atoms with Gasteiger partial charge < -0.3 is 14.5 Å². The summed E-state index contributed by atoms with van der Waals surface area (Å²) in [6, 6.07) is 1.42. The highest BCUT2D eigenvalue weighted by atomic mass is 35.5. The fourth-order valence-electron chi connectivity index (χ4n) is 2.85. The SMILES string of the molecule is Cn1cnnc1CC1CCN(C(=O)c2c[nH]c(=O)c(Cl)c2)CC1. The summed E-state index contributed by atoms with van der Waals surface area (Å²) in [5.41, 5.74) is 0.0342. The molecule has 0 aromatic carbocycles. The molecule has 0 atom stereocenters. The minimum Gasteiger partial charge on any atom is -0.339 e. The molecule has 2 aromatic rings. The van der Waals surface area contributed by atoms with E-state index in [1.165, 1.54) is 12.3 Å². The Hall–Kier alpha value is -2.15. The number of halogens is 1. The molecule has 122 valence electrons. The fourth-order valence-corrected chi connectivity index (χ4v) is 3.02. The van der Waals surface area contributed by atoms with Gasteiger partial charge in [-0.1, -0.05) is 11.6 Å². The molecule has 0 aliphatic carbocycles. The van der Waals surface area contributed by atoms with Crippen molar-refractivity contribution in [2.45, 2.75) is 19.3 Å². The summed E-state index contributed by atoms with van der Waals surface area (Å²) in [5.74, 6) is 1.38. The molecule has 23 heavy (non-hydrogen) atoms. The fraction of sp³-hybridized carbons (Fsp3) is 0.467. The Labute approximate surface area is 138 Å². The number of aromatic nitrogens is 4. The molecule has 7 nitrogen and oxygen atoms in total. The van der Waals surface area contributed by atoms with Crippen LogP contribution >= 0.6 is 11.6 Å². The van der Waals surface area contributed by atoms with Crippen molar-refractivity contribution in [3.8, 4) is 0 Å². The van der Waals surface area contributed by atoms with E-state index in [-0.39, 0.29) is 16.5 Å². The minimum atomic E-state index is -0.384. The smallest absolute Gasteiger partial charge is 0.266 e. The van der Waals surface area contributed by atoms with E-state index in [4.69, 9.17) is 11.6 Å². The topological polar surface area (TPSA) is 83.9 Å². The van der Waals surface area contributed by atoms with E-state index in [0.29, 0.717) is 24.6 Å². The van der Waals surface area contributed by atoms with E-state index < -0.39 is 0 Å². The molecular weight excluding hydrogens is 318 g/mol. The summed E-state index contributed by atoms with van der Waals surface area (Å²) in [4.78, 5) is 28.0. The molecule has 2 aromatic heterocycles. The van der Waals surface area contributed by atoms with Crippen LogP contribution in [0.25, 0.3) is 0 Å². The molecule has 3 rings (SSSR count). The zero-order valence-electron chi connectivity index (χ0n) is 12.8. The lowest BCUT2D eigenvalue weighted by Crippen LogP contribution is -2.39. The van der Waals surface area contributed by atoms with Crippen LogP contribution in [0.2, 0.25) is 5.02 Å². The molecule has 1 aliphatic heterocycles. The maximum atomic E-state index is 12.5. The Balaban J connectivity index is 1.60. The highest BCUT2D eigenvalue weighted by Gasteiger charge is 2.25. The molecule has 8 heteroatoms. The van der Waals surface area contributed by atoms with E-state index >= 15 is 0 Å². The number of H-pyrrole nitrogens is 1. The van der Waals surface area contributed by atoms with Crippen molar-refractivity contribution in [2.75, 3.05) is 13.1 Å². The molecule has 0 unspecified atom stereocenters. The van der Waals surface area contributed by atoms with E-state index in [1.807, 2.05) is 11.6 Å². The molecule has 1 aliphatic rings. The predicted molar refractivity (Wildman–Crippen MR) is 85.4 cm³/mol. The third kappa shape index (κ3) is 3.44. The molecule has 1 amide bonds. The van der Waals surface area contributed by atoms with Crippen LogP contribution in [0.4, 0.5) is 0 Å². The average molecular weight is 336 g/mol. The molecule has 0 radical (unpaired) electrons. The van der Waals surface area contributed by atoms with Gasteiger partial charge in [0.1, 0.15) is 17.2 Å². The highest BCUT2D eigenvalue weighted by molar-refractivity contribution is 6.30. The van der Waals surface area contributed by atoms with Crippen molar-refractivity contribution in [1.29, 1.82) is 0 Å². The van der Waals surface area contributed by atoms with Gasteiger partial charge in [-0.2, -0.15) is 0 Å². The number of pyridine rings is 1. The zero-order valence-corrected chi connectivity index (χ0v) is 13.6. The first-order valence-corrected chi connectivity index (χ1v) is 7.93. The van der Waals surface area contributed by atoms with Crippen molar-refractivity contribution in [3.63, 3.8) is 0 Å². The summed E-state index contributed by atoms with van der Waals surface area (Å²) < 4.78 is 1.93. The summed E-state index contributed by atoms with van der Waals surface area (Å²) in [6.45, 7) is 1.39. The van der Waals surface area contributed by atoms with Gasteiger partial charge >= 0.3 is 0 Å². The first-order chi connectivity index (χ1) is 11.0. The van der Waals surface area contributed by atoms with Crippen molar-refractivity contribution in [3.05, 3.63) is 45.4 Å². The molecule has 1 fully saturated rings. The number of hydrogen-bond donors (Lipinski definition) is 1. The van der Waals surface area contributed by atoms with Crippen molar-refractivity contribution in [1.82, 2.24) is 24.6 Å². The first-order valence-electron chi connectivity index (χ1n) is 7.55. The van der Waals surface area contributed by atoms with E-state index in [2.05, 4.69) is 15.2 Å². The highest BCUT2D eigenvalue weighted by Crippen LogP contribution is 2.22. The second-order valence-electron chi connectivity index (χ2n) is 5.86. The van der Waals surface area contributed by atoms with Crippen LogP contribution in [-0.4, -0.2) is 43.6 Å². The lowest BCUT2D eigenvalue weighted by Gasteiger charge is -2.31. The number of rotatable bonds is 3. The molecule has 1 N–H and O–H groups in total. The van der Waals surface area contributed by atoms with Gasteiger partial charge in [0.25, 0.3) is 11.5 Å². The molecule has 0 saturated carbocycles. The van der Waals surface area contributed by atoms with E-state index in [1.54, 1.807) is 11.2 Å². The maximum absolute atomic E-state index is 12.5. The van der Waals surface area contributed by atoms with Crippen LogP contribution in [-0.2, 0) is 13.5 Å². The second kappa shape index (κ2) is 6.54. The number of piperidine rings is 1. The van der Waals surface area contributed by atoms with Crippen molar-refractivity contribution < 1.29 is 4.79 Å². The number of aromatic amines is 1. The Morgan fingerprint density at radius 2 is 2.17 bits per heavy atom. The van der Waals surface area contributed by atoms with Crippen LogP contribution in [0.5, 0.6) is 0 Å². The van der Waals surface area contributed by atoms with Gasteiger partial charge in [-0.25, -0.2) is 0 Å². The van der Waals surface area contributed by atoms with Gasteiger partial charge in [-0.05, 0) is 24.8 Å². The van der Waals surface area contributed by atoms with E-state index in [9.17, 15) is 9.59 Å². The van der Waals surface area contributed by atoms with Crippen molar-refractivity contribution >= 4 is 17.5 Å². The van der Waals surface area contributed by atoms with Gasteiger partial charge in [0, 0.05) is 32.8 Å². The monoisotopic (exact) mass is 335 g/mol. The largest absolute Gasteiger partial charge is 0.339 e. The van der Waals surface area contributed by atoms with Gasteiger partial charge in [-0.15, -0.1) is 10.2 Å². The second-order valence-corrected chi connectivity index (χ2v) is 6.27. The number of amides is 1. The summed E-state index contributed by atoms with van der Waals surface area (Å²) in [5, 5.41) is 8.04. The molecule has 0 bridgehead atoms. The average Bonchev–Trinajstić information content (AvgIpc) is 2.95. The van der Waals surface area contributed by atoms with Gasteiger partial charge in [0.2, 0.25) is 0 Å².